The van der Waals surface area contributed by atoms with E-state index in [-0.39, 0.29) is 11.8 Å². The first kappa shape index (κ1) is 19.8. The SMILES string of the molecule is CCCN(CCC)C(=O)c1ccnc(C(=O)N2CCC3(CC2)OCCO3)c1. The van der Waals surface area contributed by atoms with E-state index in [2.05, 4.69) is 18.8 Å². The lowest BCUT2D eigenvalue weighted by molar-refractivity contribution is -0.181. The summed E-state index contributed by atoms with van der Waals surface area (Å²) in [6.45, 7) is 7.90. The van der Waals surface area contributed by atoms with Gasteiger partial charge in [-0.2, -0.15) is 0 Å². The zero-order valence-electron chi connectivity index (χ0n) is 16.3. The molecule has 2 saturated heterocycles. The fourth-order valence-electron chi connectivity index (χ4n) is 3.72. The number of aromatic nitrogens is 1. The number of pyridine rings is 1. The quantitative estimate of drug-likeness (QED) is 0.763. The number of piperidine rings is 1. The van der Waals surface area contributed by atoms with Crippen LogP contribution in [0.5, 0.6) is 0 Å². The number of hydrogen-bond acceptors (Lipinski definition) is 5. The first-order chi connectivity index (χ1) is 13.1. The topological polar surface area (TPSA) is 72.0 Å². The fraction of sp³-hybridized carbons (Fsp3) is 0.650. The van der Waals surface area contributed by atoms with Gasteiger partial charge in [-0.05, 0) is 25.0 Å². The minimum Gasteiger partial charge on any atom is -0.347 e. The molecule has 2 fully saturated rings. The number of amides is 2. The van der Waals surface area contributed by atoms with Crippen LogP contribution in [0.3, 0.4) is 0 Å². The summed E-state index contributed by atoms with van der Waals surface area (Å²) in [4.78, 5) is 33.5. The van der Waals surface area contributed by atoms with Gasteiger partial charge in [0.25, 0.3) is 11.8 Å². The monoisotopic (exact) mass is 375 g/mol. The Morgan fingerprint density at radius 2 is 1.78 bits per heavy atom. The first-order valence-electron chi connectivity index (χ1n) is 9.91. The molecule has 1 spiro atoms. The molecule has 7 heteroatoms. The molecule has 1 aromatic heterocycles. The molecule has 3 rings (SSSR count). The van der Waals surface area contributed by atoms with Crippen molar-refractivity contribution >= 4 is 11.8 Å². The molecule has 0 bridgehead atoms. The van der Waals surface area contributed by atoms with Crippen LogP contribution in [0.25, 0.3) is 0 Å². The Balaban J connectivity index is 1.67. The van der Waals surface area contributed by atoms with Gasteiger partial charge in [-0.1, -0.05) is 13.8 Å². The summed E-state index contributed by atoms with van der Waals surface area (Å²) in [6.07, 6.45) is 4.69. The van der Waals surface area contributed by atoms with Crippen LogP contribution in [-0.4, -0.2) is 71.8 Å². The highest BCUT2D eigenvalue weighted by Crippen LogP contribution is 2.31. The molecule has 27 heavy (non-hydrogen) atoms. The molecule has 2 aliphatic heterocycles. The second-order valence-electron chi connectivity index (χ2n) is 7.12. The van der Waals surface area contributed by atoms with Crippen molar-refractivity contribution in [2.75, 3.05) is 39.4 Å². The third-order valence-corrected chi connectivity index (χ3v) is 5.13. The maximum absolute atomic E-state index is 12.9. The number of ether oxygens (including phenoxy) is 2. The van der Waals surface area contributed by atoms with Gasteiger partial charge in [0.2, 0.25) is 0 Å². The van der Waals surface area contributed by atoms with Gasteiger partial charge in [-0.15, -0.1) is 0 Å². The molecule has 3 heterocycles. The Bertz CT molecular complexity index is 657. The Hall–Kier alpha value is -1.99. The van der Waals surface area contributed by atoms with Gasteiger partial charge in [0.05, 0.1) is 13.2 Å². The molecule has 2 amide bonds. The van der Waals surface area contributed by atoms with Crippen LogP contribution in [0, 0.1) is 0 Å². The Morgan fingerprint density at radius 1 is 1.15 bits per heavy atom. The van der Waals surface area contributed by atoms with Crippen LogP contribution in [0.2, 0.25) is 0 Å². The minimum absolute atomic E-state index is 0.0412. The third kappa shape index (κ3) is 4.47. The molecule has 0 atom stereocenters. The lowest BCUT2D eigenvalue weighted by Crippen LogP contribution is -2.47. The summed E-state index contributed by atoms with van der Waals surface area (Å²) in [7, 11) is 0. The largest absolute Gasteiger partial charge is 0.347 e. The molecular formula is C20H29N3O4. The number of likely N-dealkylation sites (tertiary alicyclic amines) is 1. The molecule has 0 radical (unpaired) electrons. The molecule has 148 valence electrons. The molecule has 0 saturated carbocycles. The Labute approximate surface area is 160 Å². The van der Waals surface area contributed by atoms with Crippen LogP contribution in [0.15, 0.2) is 18.3 Å². The van der Waals surface area contributed by atoms with Crippen molar-refractivity contribution in [3.63, 3.8) is 0 Å². The molecule has 0 aliphatic carbocycles. The van der Waals surface area contributed by atoms with Crippen molar-refractivity contribution in [1.82, 2.24) is 14.8 Å². The van der Waals surface area contributed by atoms with Crippen molar-refractivity contribution in [3.8, 4) is 0 Å². The van der Waals surface area contributed by atoms with Gasteiger partial charge in [0.1, 0.15) is 5.69 Å². The first-order valence-corrected chi connectivity index (χ1v) is 9.91. The van der Waals surface area contributed by atoms with Crippen LogP contribution in [0.1, 0.15) is 60.4 Å². The number of rotatable bonds is 6. The maximum Gasteiger partial charge on any atom is 0.272 e. The van der Waals surface area contributed by atoms with Gasteiger partial charge in [-0.3, -0.25) is 14.6 Å². The molecule has 2 aliphatic rings. The van der Waals surface area contributed by atoms with Crippen LogP contribution < -0.4 is 0 Å². The second-order valence-corrected chi connectivity index (χ2v) is 7.12. The van der Waals surface area contributed by atoms with Crippen molar-refractivity contribution in [1.29, 1.82) is 0 Å². The third-order valence-electron chi connectivity index (χ3n) is 5.13. The highest BCUT2D eigenvalue weighted by molar-refractivity contribution is 5.98. The maximum atomic E-state index is 12.9. The number of hydrogen-bond donors (Lipinski definition) is 0. The van der Waals surface area contributed by atoms with Gasteiger partial charge < -0.3 is 19.3 Å². The van der Waals surface area contributed by atoms with Crippen LogP contribution in [-0.2, 0) is 9.47 Å². The summed E-state index contributed by atoms with van der Waals surface area (Å²) in [5.74, 6) is -0.696. The van der Waals surface area contributed by atoms with E-state index in [0.717, 1.165) is 12.8 Å². The van der Waals surface area contributed by atoms with Crippen LogP contribution in [0.4, 0.5) is 0 Å². The van der Waals surface area contributed by atoms with Gasteiger partial charge in [0.15, 0.2) is 5.79 Å². The van der Waals surface area contributed by atoms with Gasteiger partial charge in [0, 0.05) is 50.8 Å². The zero-order chi connectivity index (χ0) is 19.3. The summed E-state index contributed by atoms with van der Waals surface area (Å²) in [5, 5.41) is 0. The van der Waals surface area contributed by atoms with Crippen molar-refractivity contribution in [2.24, 2.45) is 0 Å². The number of nitrogens with zero attached hydrogens (tertiary/aromatic N) is 3. The van der Waals surface area contributed by atoms with Gasteiger partial charge >= 0.3 is 0 Å². The van der Waals surface area contributed by atoms with E-state index in [1.807, 2.05) is 4.90 Å². The predicted octanol–water partition coefficient (Wildman–Crippen LogP) is 2.32. The highest BCUT2D eigenvalue weighted by atomic mass is 16.7. The molecule has 0 unspecified atom stereocenters. The van der Waals surface area contributed by atoms with Crippen molar-refractivity contribution in [3.05, 3.63) is 29.6 Å². The van der Waals surface area contributed by atoms with E-state index < -0.39 is 5.79 Å². The number of carbonyl (C=O) groups excluding carboxylic acids is 2. The average molecular weight is 375 g/mol. The van der Waals surface area contributed by atoms with E-state index in [4.69, 9.17) is 9.47 Å². The molecule has 0 N–H and O–H groups in total. The van der Waals surface area contributed by atoms with Crippen LogP contribution >= 0.6 is 0 Å². The summed E-state index contributed by atoms with van der Waals surface area (Å²) < 4.78 is 11.4. The highest BCUT2D eigenvalue weighted by Gasteiger charge is 2.41. The van der Waals surface area contributed by atoms with E-state index in [1.165, 1.54) is 0 Å². The average Bonchev–Trinajstić information content (AvgIpc) is 3.15. The lowest BCUT2D eigenvalue weighted by atomic mass is 10.0. The molecule has 1 aromatic rings. The van der Waals surface area contributed by atoms with Gasteiger partial charge in [-0.25, -0.2) is 0 Å². The number of carbonyl (C=O) groups is 2. The van der Waals surface area contributed by atoms with E-state index >= 15 is 0 Å². The zero-order valence-corrected chi connectivity index (χ0v) is 16.3. The molecule has 7 nitrogen and oxygen atoms in total. The van der Waals surface area contributed by atoms with E-state index in [9.17, 15) is 9.59 Å². The predicted molar refractivity (Wildman–Crippen MR) is 100 cm³/mol. The smallest absolute Gasteiger partial charge is 0.272 e. The minimum atomic E-state index is -0.511. The Kier molecular flexibility index (Phi) is 6.44. The van der Waals surface area contributed by atoms with Crippen molar-refractivity contribution in [2.45, 2.75) is 45.3 Å². The fourth-order valence-corrected chi connectivity index (χ4v) is 3.72. The second kappa shape index (κ2) is 8.80. The summed E-state index contributed by atoms with van der Waals surface area (Å²) in [5.41, 5.74) is 0.837. The van der Waals surface area contributed by atoms with E-state index in [1.54, 1.807) is 23.2 Å². The van der Waals surface area contributed by atoms with Crippen molar-refractivity contribution < 1.29 is 19.1 Å². The lowest BCUT2D eigenvalue weighted by Gasteiger charge is -2.37. The summed E-state index contributed by atoms with van der Waals surface area (Å²) in [6, 6.07) is 3.30. The van der Waals surface area contributed by atoms with E-state index in [0.29, 0.717) is 63.5 Å². The molecular weight excluding hydrogens is 346 g/mol. The standard InChI is InChI=1S/C20H29N3O4/c1-3-9-22(10-4-2)18(24)16-5-8-21-17(15-16)19(25)23-11-6-20(7-12-23)26-13-14-27-20/h5,8,15H,3-4,6-7,9-14H2,1-2H3. The Morgan fingerprint density at radius 3 is 2.37 bits per heavy atom. The molecule has 0 aromatic carbocycles. The normalized spacial score (nSPS) is 18.7. The summed E-state index contributed by atoms with van der Waals surface area (Å²) >= 11 is 0.